The fourth-order valence-corrected chi connectivity index (χ4v) is 2.88. The molecular formula is C17H22N4. The van der Waals surface area contributed by atoms with Crippen LogP contribution in [-0.2, 0) is 6.54 Å². The molecule has 110 valence electrons. The molecule has 0 unspecified atom stereocenters. The lowest BCUT2D eigenvalue weighted by Gasteiger charge is -2.36. The Bertz CT molecular complexity index is 589. The van der Waals surface area contributed by atoms with Gasteiger partial charge >= 0.3 is 0 Å². The van der Waals surface area contributed by atoms with Crippen molar-refractivity contribution in [3.8, 4) is 0 Å². The maximum Gasteiger partial charge on any atom is 0.131 e. The molecule has 1 fully saturated rings. The van der Waals surface area contributed by atoms with Crippen LogP contribution in [0.4, 0.5) is 11.5 Å². The van der Waals surface area contributed by atoms with Crippen LogP contribution in [0, 0.1) is 6.92 Å². The number of piperazine rings is 1. The first kappa shape index (κ1) is 13.9. The standard InChI is InChI=1S/C17H22N4/c1-14-11-16(18)12-19-17(14)21-9-7-20(8-10-21)13-15-5-3-2-4-6-15/h2-6,11-12H,7-10,13,18H2,1H3. The number of nitrogen functional groups attached to an aromatic ring is 1. The highest BCUT2D eigenvalue weighted by atomic mass is 15.3. The van der Waals surface area contributed by atoms with Gasteiger partial charge in [-0.2, -0.15) is 0 Å². The Morgan fingerprint density at radius 3 is 2.48 bits per heavy atom. The molecule has 0 aliphatic carbocycles. The third-order valence-electron chi connectivity index (χ3n) is 3.99. The van der Waals surface area contributed by atoms with Gasteiger partial charge in [-0.25, -0.2) is 4.98 Å². The minimum Gasteiger partial charge on any atom is -0.397 e. The number of hydrogen-bond acceptors (Lipinski definition) is 4. The van der Waals surface area contributed by atoms with Gasteiger partial charge in [-0.15, -0.1) is 0 Å². The summed E-state index contributed by atoms with van der Waals surface area (Å²) in [6.07, 6.45) is 1.75. The molecule has 0 radical (unpaired) electrons. The molecule has 4 heteroatoms. The number of benzene rings is 1. The molecule has 2 heterocycles. The first-order valence-electron chi connectivity index (χ1n) is 7.46. The molecule has 1 saturated heterocycles. The number of rotatable bonds is 3. The van der Waals surface area contributed by atoms with Gasteiger partial charge in [-0.1, -0.05) is 30.3 Å². The van der Waals surface area contributed by atoms with Crippen LogP contribution in [0.2, 0.25) is 0 Å². The van der Waals surface area contributed by atoms with Gasteiger partial charge in [0.15, 0.2) is 0 Å². The van der Waals surface area contributed by atoms with Crippen molar-refractivity contribution in [2.75, 3.05) is 36.8 Å². The number of aryl methyl sites for hydroxylation is 1. The van der Waals surface area contributed by atoms with Gasteiger partial charge in [0, 0.05) is 32.7 Å². The first-order valence-corrected chi connectivity index (χ1v) is 7.46. The summed E-state index contributed by atoms with van der Waals surface area (Å²) in [6.45, 7) is 7.29. The third-order valence-corrected chi connectivity index (χ3v) is 3.99. The minimum atomic E-state index is 0.735. The molecule has 21 heavy (non-hydrogen) atoms. The molecule has 1 aliphatic heterocycles. The molecule has 4 nitrogen and oxygen atoms in total. The monoisotopic (exact) mass is 282 g/mol. The lowest BCUT2D eigenvalue weighted by atomic mass is 10.2. The fourth-order valence-electron chi connectivity index (χ4n) is 2.88. The highest BCUT2D eigenvalue weighted by molar-refractivity contribution is 5.52. The van der Waals surface area contributed by atoms with Crippen molar-refractivity contribution in [3.63, 3.8) is 0 Å². The zero-order valence-electron chi connectivity index (χ0n) is 12.5. The zero-order valence-corrected chi connectivity index (χ0v) is 12.5. The Balaban J connectivity index is 1.60. The Morgan fingerprint density at radius 2 is 1.81 bits per heavy atom. The maximum absolute atomic E-state index is 5.78. The molecular weight excluding hydrogens is 260 g/mol. The highest BCUT2D eigenvalue weighted by Crippen LogP contribution is 2.20. The number of pyridine rings is 1. The molecule has 0 spiro atoms. The molecule has 0 amide bonds. The number of aromatic nitrogens is 1. The van der Waals surface area contributed by atoms with Crippen LogP contribution in [0.5, 0.6) is 0 Å². The summed E-state index contributed by atoms with van der Waals surface area (Å²) in [5, 5.41) is 0. The van der Waals surface area contributed by atoms with E-state index in [4.69, 9.17) is 5.73 Å². The number of nitrogens with two attached hydrogens (primary N) is 1. The van der Waals surface area contributed by atoms with Crippen molar-refractivity contribution in [3.05, 3.63) is 53.7 Å². The normalized spacial score (nSPS) is 16.1. The predicted molar refractivity (Wildman–Crippen MR) is 87.3 cm³/mol. The fraction of sp³-hybridized carbons (Fsp3) is 0.353. The van der Waals surface area contributed by atoms with Crippen molar-refractivity contribution in [1.82, 2.24) is 9.88 Å². The van der Waals surface area contributed by atoms with E-state index in [2.05, 4.69) is 52.0 Å². The number of anilines is 2. The summed E-state index contributed by atoms with van der Waals surface area (Å²) in [5.41, 5.74) is 9.05. The second kappa shape index (κ2) is 6.14. The summed E-state index contributed by atoms with van der Waals surface area (Å²) in [7, 11) is 0. The van der Waals surface area contributed by atoms with Crippen LogP contribution in [0.25, 0.3) is 0 Å². The highest BCUT2D eigenvalue weighted by Gasteiger charge is 2.19. The zero-order chi connectivity index (χ0) is 14.7. The molecule has 2 N–H and O–H groups in total. The van der Waals surface area contributed by atoms with Crippen LogP contribution < -0.4 is 10.6 Å². The predicted octanol–water partition coefficient (Wildman–Crippen LogP) is 2.29. The molecule has 1 aliphatic rings. The molecule has 0 atom stereocenters. The van der Waals surface area contributed by atoms with Gasteiger partial charge in [0.05, 0.1) is 11.9 Å². The van der Waals surface area contributed by atoms with Gasteiger partial charge in [0.1, 0.15) is 5.82 Å². The van der Waals surface area contributed by atoms with E-state index in [0.717, 1.165) is 49.8 Å². The third kappa shape index (κ3) is 3.34. The topological polar surface area (TPSA) is 45.4 Å². The smallest absolute Gasteiger partial charge is 0.131 e. The van der Waals surface area contributed by atoms with Crippen molar-refractivity contribution < 1.29 is 0 Å². The van der Waals surface area contributed by atoms with E-state index in [1.165, 1.54) is 5.56 Å². The lowest BCUT2D eigenvalue weighted by molar-refractivity contribution is 0.249. The van der Waals surface area contributed by atoms with E-state index < -0.39 is 0 Å². The minimum absolute atomic E-state index is 0.735. The maximum atomic E-state index is 5.78. The molecule has 0 saturated carbocycles. The van der Waals surface area contributed by atoms with Crippen molar-refractivity contribution in [1.29, 1.82) is 0 Å². The van der Waals surface area contributed by atoms with Gasteiger partial charge < -0.3 is 10.6 Å². The van der Waals surface area contributed by atoms with E-state index in [-0.39, 0.29) is 0 Å². The molecule has 1 aromatic heterocycles. The summed E-state index contributed by atoms with van der Waals surface area (Å²) in [4.78, 5) is 9.35. The Kier molecular flexibility index (Phi) is 4.06. The Labute approximate surface area is 126 Å². The first-order chi connectivity index (χ1) is 10.2. The number of hydrogen-bond donors (Lipinski definition) is 1. The SMILES string of the molecule is Cc1cc(N)cnc1N1CCN(Cc2ccccc2)CC1. The van der Waals surface area contributed by atoms with Gasteiger partial charge in [0.2, 0.25) is 0 Å². The average Bonchev–Trinajstić information content (AvgIpc) is 2.49. The average molecular weight is 282 g/mol. The lowest BCUT2D eigenvalue weighted by Crippen LogP contribution is -2.46. The summed E-state index contributed by atoms with van der Waals surface area (Å²) >= 11 is 0. The van der Waals surface area contributed by atoms with Crippen LogP contribution in [0.1, 0.15) is 11.1 Å². The van der Waals surface area contributed by atoms with E-state index in [1.54, 1.807) is 6.20 Å². The molecule has 3 rings (SSSR count). The summed E-state index contributed by atoms with van der Waals surface area (Å²) in [5.74, 6) is 1.07. The second-order valence-electron chi connectivity index (χ2n) is 5.66. The van der Waals surface area contributed by atoms with E-state index in [9.17, 15) is 0 Å². The van der Waals surface area contributed by atoms with Crippen molar-refractivity contribution in [2.24, 2.45) is 0 Å². The van der Waals surface area contributed by atoms with Crippen molar-refractivity contribution in [2.45, 2.75) is 13.5 Å². The van der Waals surface area contributed by atoms with Crippen LogP contribution >= 0.6 is 0 Å². The molecule has 2 aromatic rings. The van der Waals surface area contributed by atoms with Crippen LogP contribution in [-0.4, -0.2) is 36.1 Å². The number of nitrogens with zero attached hydrogens (tertiary/aromatic N) is 3. The van der Waals surface area contributed by atoms with Gasteiger partial charge in [0.25, 0.3) is 0 Å². The largest absolute Gasteiger partial charge is 0.397 e. The molecule has 0 bridgehead atoms. The Morgan fingerprint density at radius 1 is 1.10 bits per heavy atom. The van der Waals surface area contributed by atoms with Gasteiger partial charge in [-0.05, 0) is 24.1 Å². The van der Waals surface area contributed by atoms with E-state index >= 15 is 0 Å². The quantitative estimate of drug-likeness (QED) is 0.938. The van der Waals surface area contributed by atoms with Crippen LogP contribution in [0.3, 0.4) is 0 Å². The summed E-state index contributed by atoms with van der Waals surface area (Å²) in [6, 6.07) is 12.7. The second-order valence-corrected chi connectivity index (χ2v) is 5.66. The Hall–Kier alpha value is -2.07. The van der Waals surface area contributed by atoms with E-state index in [0.29, 0.717) is 0 Å². The van der Waals surface area contributed by atoms with Gasteiger partial charge in [-0.3, -0.25) is 4.90 Å². The van der Waals surface area contributed by atoms with E-state index in [1.807, 2.05) is 6.07 Å². The van der Waals surface area contributed by atoms with Crippen molar-refractivity contribution >= 4 is 11.5 Å². The summed E-state index contributed by atoms with van der Waals surface area (Å²) < 4.78 is 0. The molecule has 1 aromatic carbocycles. The van der Waals surface area contributed by atoms with Crippen LogP contribution in [0.15, 0.2) is 42.6 Å².